The molecule has 2 fully saturated rings. The maximum absolute atomic E-state index is 12.1. The van der Waals surface area contributed by atoms with E-state index >= 15 is 0 Å². The molecule has 4 rings (SSSR count). The molecule has 2 aromatic rings. The van der Waals surface area contributed by atoms with E-state index in [0.29, 0.717) is 13.1 Å². The van der Waals surface area contributed by atoms with E-state index in [1.807, 2.05) is 0 Å². The number of fused-ring (bicyclic) bond motifs is 1. The van der Waals surface area contributed by atoms with Crippen molar-refractivity contribution in [2.75, 3.05) is 57.3 Å². The number of anilines is 1. The molecule has 2 aliphatic rings. The number of carbonyl (C=O) groups is 1. The topological polar surface area (TPSA) is 64.6 Å². The highest BCUT2D eigenvalue weighted by molar-refractivity contribution is 7.18. The van der Waals surface area contributed by atoms with Crippen molar-refractivity contribution in [2.24, 2.45) is 5.92 Å². The molecule has 0 unspecified atom stereocenters. The molecule has 32 heavy (non-hydrogen) atoms. The first-order valence-corrected chi connectivity index (χ1v) is 12.6. The summed E-state index contributed by atoms with van der Waals surface area (Å²) in [6.45, 7) is 17.9. The molecular weight excluding hydrogens is 420 g/mol. The van der Waals surface area contributed by atoms with Crippen LogP contribution in [0, 0.1) is 19.8 Å². The first-order chi connectivity index (χ1) is 15.4. The molecule has 0 saturated carbocycles. The van der Waals surface area contributed by atoms with Gasteiger partial charge in [0.25, 0.3) is 0 Å². The molecule has 174 valence electrons. The lowest BCUT2D eigenvalue weighted by Crippen LogP contribution is -2.49. The second kappa shape index (κ2) is 10.3. The van der Waals surface area contributed by atoms with Gasteiger partial charge in [0.15, 0.2) is 0 Å². The highest BCUT2D eigenvalue weighted by atomic mass is 32.1. The van der Waals surface area contributed by atoms with Crippen LogP contribution >= 0.6 is 11.3 Å². The van der Waals surface area contributed by atoms with E-state index in [-0.39, 0.29) is 5.91 Å². The summed E-state index contributed by atoms with van der Waals surface area (Å²) in [6.07, 6.45) is 4.23. The normalized spacial score (nSPS) is 18.9. The first kappa shape index (κ1) is 23.1. The number of piperidine rings is 1. The predicted octanol–water partition coefficient (Wildman–Crippen LogP) is 2.96. The second-order valence-electron chi connectivity index (χ2n) is 9.24. The molecule has 0 aromatic carbocycles. The van der Waals surface area contributed by atoms with Crippen molar-refractivity contribution < 1.29 is 4.79 Å². The number of nitrogens with zero attached hydrogens (tertiary/aromatic N) is 5. The molecule has 0 bridgehead atoms. The Morgan fingerprint density at radius 3 is 2.53 bits per heavy atom. The molecular formula is C24H36N6OS. The van der Waals surface area contributed by atoms with E-state index in [4.69, 9.17) is 9.97 Å². The molecule has 4 heterocycles. The van der Waals surface area contributed by atoms with Crippen LogP contribution in [0.4, 0.5) is 5.82 Å². The van der Waals surface area contributed by atoms with E-state index in [0.717, 1.165) is 68.2 Å². The Bertz CT molecular complexity index is 957. The second-order valence-corrected chi connectivity index (χ2v) is 10.4. The average molecular weight is 457 g/mol. The standard InChI is InChI=1S/C24H36N6OS/c1-5-8-25-21(31)16-29-11-13-30(14-12-29)23-22-18(3)19(4)32-24(22)27-20(26-23)15-28-9-6-17(2)7-10-28/h5,17H,1,6-16H2,2-4H3,(H,25,31). The SMILES string of the molecule is C=CCNC(=O)CN1CCN(c2nc(CN3CCC(C)CC3)nc3sc(C)c(C)c23)CC1. The lowest BCUT2D eigenvalue weighted by atomic mass is 9.99. The van der Waals surface area contributed by atoms with E-state index < -0.39 is 0 Å². The van der Waals surface area contributed by atoms with E-state index in [9.17, 15) is 4.79 Å². The maximum atomic E-state index is 12.1. The minimum atomic E-state index is 0.0604. The Labute approximate surface area is 195 Å². The molecule has 0 spiro atoms. The monoisotopic (exact) mass is 456 g/mol. The fourth-order valence-electron chi connectivity index (χ4n) is 4.55. The van der Waals surface area contributed by atoms with Crippen molar-refractivity contribution in [1.29, 1.82) is 0 Å². The van der Waals surface area contributed by atoms with Gasteiger partial charge in [0, 0.05) is 37.6 Å². The van der Waals surface area contributed by atoms with Gasteiger partial charge in [0.05, 0.1) is 18.5 Å². The third-order valence-electron chi connectivity index (χ3n) is 6.78. The number of carbonyl (C=O) groups excluding carboxylic acids is 1. The van der Waals surface area contributed by atoms with E-state index in [1.165, 1.54) is 28.7 Å². The zero-order valence-corrected chi connectivity index (χ0v) is 20.5. The number of likely N-dealkylation sites (tertiary alicyclic amines) is 1. The third-order valence-corrected chi connectivity index (χ3v) is 7.88. The number of thiophene rings is 1. The highest BCUT2D eigenvalue weighted by Crippen LogP contribution is 2.35. The van der Waals surface area contributed by atoms with Crippen LogP contribution in [0.2, 0.25) is 0 Å². The quantitative estimate of drug-likeness (QED) is 0.647. The van der Waals surface area contributed by atoms with Gasteiger partial charge >= 0.3 is 0 Å². The molecule has 7 nitrogen and oxygen atoms in total. The summed E-state index contributed by atoms with van der Waals surface area (Å²) in [7, 11) is 0. The van der Waals surface area contributed by atoms with Crippen molar-refractivity contribution >= 4 is 33.3 Å². The molecule has 0 aliphatic carbocycles. The molecule has 1 N–H and O–H groups in total. The number of hydrogen-bond acceptors (Lipinski definition) is 7. The lowest BCUT2D eigenvalue weighted by Gasteiger charge is -2.35. The van der Waals surface area contributed by atoms with Gasteiger partial charge in [-0.1, -0.05) is 13.0 Å². The molecule has 0 radical (unpaired) electrons. The molecule has 0 atom stereocenters. The summed E-state index contributed by atoms with van der Waals surface area (Å²) in [5.41, 5.74) is 1.30. The minimum Gasteiger partial charge on any atom is -0.353 e. The zero-order chi connectivity index (χ0) is 22.7. The van der Waals surface area contributed by atoms with Gasteiger partial charge in [0.2, 0.25) is 5.91 Å². The predicted molar refractivity (Wildman–Crippen MR) is 132 cm³/mol. The van der Waals surface area contributed by atoms with Crippen molar-refractivity contribution in [3.05, 3.63) is 28.9 Å². The number of piperazine rings is 1. The Kier molecular flexibility index (Phi) is 7.43. The van der Waals surface area contributed by atoms with Crippen LogP contribution in [-0.4, -0.2) is 78.0 Å². The number of rotatable bonds is 7. The van der Waals surface area contributed by atoms with Crippen molar-refractivity contribution in [3.63, 3.8) is 0 Å². The van der Waals surface area contributed by atoms with Gasteiger partial charge in [-0.2, -0.15) is 0 Å². The van der Waals surface area contributed by atoms with Crippen LogP contribution in [0.1, 0.15) is 36.0 Å². The smallest absolute Gasteiger partial charge is 0.234 e. The zero-order valence-electron chi connectivity index (χ0n) is 19.7. The summed E-state index contributed by atoms with van der Waals surface area (Å²) in [6, 6.07) is 0. The maximum Gasteiger partial charge on any atom is 0.234 e. The molecule has 2 aromatic heterocycles. The molecule has 8 heteroatoms. The summed E-state index contributed by atoms with van der Waals surface area (Å²) >= 11 is 1.78. The summed E-state index contributed by atoms with van der Waals surface area (Å²) in [5, 5.41) is 4.08. The Hall–Kier alpha value is -2.03. The van der Waals surface area contributed by atoms with Crippen molar-refractivity contribution in [1.82, 2.24) is 25.1 Å². The summed E-state index contributed by atoms with van der Waals surface area (Å²) in [5.74, 6) is 2.90. The van der Waals surface area contributed by atoms with Gasteiger partial charge in [-0.25, -0.2) is 9.97 Å². The van der Waals surface area contributed by atoms with Crippen molar-refractivity contribution in [3.8, 4) is 0 Å². The van der Waals surface area contributed by atoms with Crippen molar-refractivity contribution in [2.45, 2.75) is 40.2 Å². The Morgan fingerprint density at radius 2 is 1.84 bits per heavy atom. The summed E-state index contributed by atoms with van der Waals surface area (Å²) < 4.78 is 0. The van der Waals surface area contributed by atoms with Gasteiger partial charge in [-0.3, -0.25) is 14.6 Å². The molecule has 2 aliphatic heterocycles. The van der Waals surface area contributed by atoms with E-state index in [1.54, 1.807) is 17.4 Å². The fraction of sp³-hybridized carbons (Fsp3) is 0.625. The number of amides is 1. The van der Waals surface area contributed by atoms with Crippen LogP contribution in [-0.2, 0) is 11.3 Å². The van der Waals surface area contributed by atoms with Crippen LogP contribution < -0.4 is 10.2 Å². The highest BCUT2D eigenvalue weighted by Gasteiger charge is 2.25. The summed E-state index contributed by atoms with van der Waals surface area (Å²) in [4.78, 5) is 31.7. The van der Waals surface area contributed by atoms with Crippen LogP contribution in [0.5, 0.6) is 0 Å². The van der Waals surface area contributed by atoms with Crippen LogP contribution in [0.25, 0.3) is 10.2 Å². The van der Waals surface area contributed by atoms with Crippen LogP contribution in [0.3, 0.4) is 0 Å². The third kappa shape index (κ3) is 5.30. The van der Waals surface area contributed by atoms with Gasteiger partial charge in [-0.05, 0) is 51.3 Å². The van der Waals surface area contributed by atoms with Gasteiger partial charge < -0.3 is 10.2 Å². The fourth-order valence-corrected chi connectivity index (χ4v) is 5.60. The number of aromatic nitrogens is 2. The van der Waals surface area contributed by atoms with Gasteiger partial charge in [0.1, 0.15) is 16.5 Å². The van der Waals surface area contributed by atoms with Gasteiger partial charge in [-0.15, -0.1) is 17.9 Å². The minimum absolute atomic E-state index is 0.0604. The Morgan fingerprint density at radius 1 is 1.12 bits per heavy atom. The Balaban J connectivity index is 1.50. The molecule has 2 saturated heterocycles. The lowest BCUT2D eigenvalue weighted by molar-refractivity contribution is -0.122. The van der Waals surface area contributed by atoms with E-state index in [2.05, 4.69) is 47.4 Å². The largest absolute Gasteiger partial charge is 0.353 e. The molecule has 1 amide bonds. The average Bonchev–Trinajstić information content (AvgIpc) is 3.07. The number of nitrogens with one attached hydrogen (secondary N) is 1. The number of hydrogen-bond donors (Lipinski definition) is 1. The van der Waals surface area contributed by atoms with Crippen LogP contribution in [0.15, 0.2) is 12.7 Å². The number of aryl methyl sites for hydroxylation is 2. The first-order valence-electron chi connectivity index (χ1n) is 11.8.